The molecule has 3 aromatic rings. The zero-order chi connectivity index (χ0) is 21.8. The van der Waals surface area contributed by atoms with E-state index in [1.54, 1.807) is 6.92 Å². The van der Waals surface area contributed by atoms with Gasteiger partial charge >= 0.3 is 12.2 Å². The molecule has 1 atom stereocenters. The van der Waals surface area contributed by atoms with Gasteiger partial charge < -0.3 is 21.4 Å². The molecule has 0 saturated carbocycles. The Kier molecular flexibility index (Phi) is 4.49. The summed E-state index contributed by atoms with van der Waals surface area (Å²) in [5.74, 6) is -0.575. The van der Waals surface area contributed by atoms with E-state index in [4.69, 9.17) is 11.5 Å². The molecule has 12 heteroatoms. The fourth-order valence-corrected chi connectivity index (χ4v) is 5.11. The van der Waals surface area contributed by atoms with Crippen LogP contribution in [0.2, 0.25) is 0 Å². The Morgan fingerprint density at radius 1 is 1.27 bits per heavy atom. The molecule has 3 amide bonds. The average molecular weight is 438 g/mol. The molecule has 30 heavy (non-hydrogen) atoms. The van der Waals surface area contributed by atoms with Crippen molar-refractivity contribution in [2.75, 3.05) is 6.54 Å². The van der Waals surface area contributed by atoms with E-state index in [1.165, 1.54) is 17.0 Å². The van der Waals surface area contributed by atoms with Crippen molar-refractivity contribution in [1.29, 1.82) is 0 Å². The summed E-state index contributed by atoms with van der Waals surface area (Å²) in [6, 6.07) is 2.96. The number of primary amides is 2. The van der Waals surface area contributed by atoms with Gasteiger partial charge in [0.15, 0.2) is 11.4 Å². The second-order valence-electron chi connectivity index (χ2n) is 7.04. The first kappa shape index (κ1) is 20.1. The third-order valence-corrected chi connectivity index (χ3v) is 6.55. The number of rotatable bonds is 3. The standard InChI is InChI=1S/C18H17F3N6O2S/c1-8-12(13-25-10-5-2-4-9(11(10)26-13)18(19,20)21)30-15(24-8)17(14(22)28)6-3-7-27(17)16(23)29/h2,4-5H,3,6-7H2,1H3,(H2,22,28)(H2,23,29)(H,25,26). The van der Waals surface area contributed by atoms with Gasteiger partial charge in [0.05, 0.1) is 21.7 Å². The van der Waals surface area contributed by atoms with Crippen molar-refractivity contribution in [2.24, 2.45) is 11.5 Å². The van der Waals surface area contributed by atoms with Crippen molar-refractivity contribution >= 4 is 34.3 Å². The van der Waals surface area contributed by atoms with E-state index in [2.05, 4.69) is 15.0 Å². The van der Waals surface area contributed by atoms with Gasteiger partial charge in [-0.25, -0.2) is 14.8 Å². The van der Waals surface area contributed by atoms with Gasteiger partial charge in [0, 0.05) is 6.54 Å². The number of carbonyl (C=O) groups is 2. The fourth-order valence-electron chi connectivity index (χ4n) is 3.86. The summed E-state index contributed by atoms with van der Waals surface area (Å²) < 4.78 is 39.9. The summed E-state index contributed by atoms with van der Waals surface area (Å²) in [5.41, 5.74) is 9.21. The van der Waals surface area contributed by atoms with Crippen molar-refractivity contribution < 1.29 is 22.8 Å². The lowest BCUT2D eigenvalue weighted by Gasteiger charge is -2.32. The Labute approximate surface area is 172 Å². The second kappa shape index (κ2) is 6.69. The minimum absolute atomic E-state index is 0.186. The number of urea groups is 1. The summed E-state index contributed by atoms with van der Waals surface area (Å²) in [7, 11) is 0. The van der Waals surface area contributed by atoms with E-state index in [0.29, 0.717) is 17.0 Å². The molecule has 2 aromatic heterocycles. The quantitative estimate of drug-likeness (QED) is 0.580. The van der Waals surface area contributed by atoms with E-state index in [0.717, 1.165) is 17.4 Å². The molecular formula is C18H17F3N6O2S. The van der Waals surface area contributed by atoms with E-state index in [-0.39, 0.29) is 34.8 Å². The van der Waals surface area contributed by atoms with Gasteiger partial charge in [-0.15, -0.1) is 11.3 Å². The molecule has 0 aliphatic carbocycles. The highest BCUT2D eigenvalue weighted by atomic mass is 32.1. The van der Waals surface area contributed by atoms with Gasteiger partial charge in [0.25, 0.3) is 5.91 Å². The zero-order valence-corrected chi connectivity index (χ0v) is 16.5. The Bertz CT molecular complexity index is 1170. The number of thiazole rings is 1. The number of carbonyl (C=O) groups excluding carboxylic acids is 2. The highest BCUT2D eigenvalue weighted by Crippen LogP contribution is 2.44. The SMILES string of the molecule is Cc1nc(C2(C(N)=O)CCCN2C(N)=O)sc1-c1nc2c(C(F)(F)F)cccc2[nH]1. The first-order valence-electron chi connectivity index (χ1n) is 8.97. The molecule has 1 aliphatic rings. The van der Waals surface area contributed by atoms with Gasteiger partial charge in [0.2, 0.25) is 0 Å². The van der Waals surface area contributed by atoms with Crippen molar-refractivity contribution in [3.63, 3.8) is 0 Å². The number of nitrogens with two attached hydrogens (primary N) is 2. The maximum absolute atomic E-state index is 13.3. The highest BCUT2D eigenvalue weighted by Gasteiger charge is 2.52. The molecule has 5 N–H and O–H groups in total. The first-order chi connectivity index (χ1) is 14.1. The number of likely N-dealkylation sites (tertiary alicyclic amines) is 1. The molecule has 3 heterocycles. The number of imidazole rings is 1. The highest BCUT2D eigenvalue weighted by molar-refractivity contribution is 7.15. The van der Waals surface area contributed by atoms with Crippen LogP contribution in [0.25, 0.3) is 21.7 Å². The number of para-hydroxylation sites is 1. The molecule has 1 unspecified atom stereocenters. The summed E-state index contributed by atoms with van der Waals surface area (Å²) in [4.78, 5) is 37.4. The minimum atomic E-state index is -4.55. The Balaban J connectivity index is 1.86. The van der Waals surface area contributed by atoms with Crippen LogP contribution in [0, 0.1) is 6.92 Å². The molecular weight excluding hydrogens is 421 g/mol. The van der Waals surface area contributed by atoms with Crippen LogP contribution in [-0.4, -0.2) is 38.3 Å². The van der Waals surface area contributed by atoms with Crippen LogP contribution in [0.4, 0.5) is 18.0 Å². The second-order valence-corrected chi connectivity index (χ2v) is 8.04. The van der Waals surface area contributed by atoms with Crippen molar-refractivity contribution in [2.45, 2.75) is 31.5 Å². The first-order valence-corrected chi connectivity index (χ1v) is 9.78. The number of aromatic nitrogens is 3. The normalized spacial score (nSPS) is 19.5. The van der Waals surface area contributed by atoms with Gasteiger partial charge in [-0.2, -0.15) is 13.2 Å². The van der Waals surface area contributed by atoms with Crippen LogP contribution in [0.1, 0.15) is 29.1 Å². The van der Waals surface area contributed by atoms with E-state index >= 15 is 0 Å². The molecule has 158 valence electrons. The summed E-state index contributed by atoms with van der Waals surface area (Å²) in [6.45, 7) is 1.90. The van der Waals surface area contributed by atoms with Crippen molar-refractivity contribution in [3.8, 4) is 10.7 Å². The van der Waals surface area contributed by atoms with Gasteiger partial charge in [-0.05, 0) is 31.9 Å². The molecule has 8 nitrogen and oxygen atoms in total. The zero-order valence-electron chi connectivity index (χ0n) is 15.7. The van der Waals surface area contributed by atoms with E-state index < -0.39 is 29.2 Å². The molecule has 0 bridgehead atoms. The maximum Gasteiger partial charge on any atom is 0.418 e. The number of aromatic amines is 1. The van der Waals surface area contributed by atoms with Crippen LogP contribution >= 0.6 is 11.3 Å². The van der Waals surface area contributed by atoms with Crippen molar-refractivity contribution in [3.05, 3.63) is 34.5 Å². The number of benzene rings is 1. The number of halogens is 3. The number of H-pyrrole nitrogens is 1. The van der Waals surface area contributed by atoms with Crippen LogP contribution < -0.4 is 11.5 Å². The number of fused-ring (bicyclic) bond motifs is 1. The van der Waals surface area contributed by atoms with Gasteiger partial charge in [-0.3, -0.25) is 4.79 Å². The van der Waals surface area contributed by atoms with Crippen LogP contribution in [0.15, 0.2) is 18.2 Å². The monoisotopic (exact) mass is 438 g/mol. The number of hydrogen-bond donors (Lipinski definition) is 3. The molecule has 0 radical (unpaired) electrons. The number of amides is 3. The lowest BCUT2D eigenvalue weighted by atomic mass is 9.96. The molecule has 0 spiro atoms. The van der Waals surface area contributed by atoms with Crippen LogP contribution in [0.3, 0.4) is 0 Å². The summed E-state index contributed by atoms with van der Waals surface area (Å²) >= 11 is 1.05. The summed E-state index contributed by atoms with van der Waals surface area (Å²) in [5, 5.41) is 0.260. The fraction of sp³-hybridized carbons (Fsp3) is 0.333. The third-order valence-electron chi connectivity index (χ3n) is 5.24. The number of nitrogens with zero attached hydrogens (tertiary/aromatic N) is 3. The van der Waals surface area contributed by atoms with Gasteiger partial charge in [-0.1, -0.05) is 6.07 Å². The molecule has 1 fully saturated rings. The molecule has 4 rings (SSSR count). The Hall–Kier alpha value is -3.15. The topological polar surface area (TPSA) is 131 Å². The van der Waals surface area contributed by atoms with Crippen LogP contribution in [0.5, 0.6) is 0 Å². The largest absolute Gasteiger partial charge is 0.418 e. The number of hydrogen-bond acceptors (Lipinski definition) is 5. The summed E-state index contributed by atoms with van der Waals surface area (Å²) in [6.07, 6.45) is -3.78. The van der Waals surface area contributed by atoms with Gasteiger partial charge in [0.1, 0.15) is 10.5 Å². The molecule has 1 aromatic carbocycles. The smallest absolute Gasteiger partial charge is 0.367 e. The number of alkyl halides is 3. The molecule has 1 aliphatic heterocycles. The Morgan fingerprint density at radius 3 is 2.63 bits per heavy atom. The number of nitrogens with one attached hydrogen (secondary N) is 1. The van der Waals surface area contributed by atoms with E-state index in [1.807, 2.05) is 0 Å². The lowest BCUT2D eigenvalue weighted by Crippen LogP contribution is -2.55. The maximum atomic E-state index is 13.3. The van der Waals surface area contributed by atoms with Crippen LogP contribution in [-0.2, 0) is 16.5 Å². The minimum Gasteiger partial charge on any atom is -0.367 e. The lowest BCUT2D eigenvalue weighted by molar-refractivity contribution is -0.136. The number of aryl methyl sites for hydroxylation is 1. The third kappa shape index (κ3) is 2.90. The van der Waals surface area contributed by atoms with Crippen molar-refractivity contribution in [1.82, 2.24) is 19.9 Å². The predicted molar refractivity (Wildman–Crippen MR) is 103 cm³/mol. The van der Waals surface area contributed by atoms with E-state index in [9.17, 15) is 22.8 Å². The predicted octanol–water partition coefficient (Wildman–Crippen LogP) is 2.87. The average Bonchev–Trinajstić information content (AvgIpc) is 3.36. The molecule has 1 saturated heterocycles. The Morgan fingerprint density at radius 2 is 2.00 bits per heavy atom.